The lowest BCUT2D eigenvalue weighted by Crippen LogP contribution is -2.48. The molecule has 2 aromatic rings. The van der Waals surface area contributed by atoms with E-state index in [0.29, 0.717) is 10.9 Å². The van der Waals surface area contributed by atoms with E-state index in [9.17, 15) is 4.79 Å². The number of hydrogen-bond acceptors (Lipinski definition) is 4. The topological polar surface area (TPSA) is 62.0 Å². The molecule has 0 aliphatic carbocycles. The van der Waals surface area contributed by atoms with Gasteiger partial charge in [-0.15, -0.1) is 0 Å². The monoisotopic (exact) mass is 440 g/mol. The van der Waals surface area contributed by atoms with Gasteiger partial charge in [0.2, 0.25) is 0 Å². The smallest absolute Gasteiger partial charge is 0.260 e. The molecule has 1 saturated heterocycles. The van der Waals surface area contributed by atoms with Crippen LogP contribution >= 0.6 is 12.2 Å². The molecule has 0 unspecified atom stereocenters. The third-order valence-electron chi connectivity index (χ3n) is 5.62. The molecule has 1 heterocycles. The third kappa shape index (κ3) is 5.95. The minimum Gasteiger partial charge on any atom is -0.484 e. The molecule has 1 aliphatic heterocycles. The largest absolute Gasteiger partial charge is 0.484 e. The lowest BCUT2D eigenvalue weighted by Gasteiger charge is -2.32. The predicted molar refractivity (Wildman–Crippen MR) is 131 cm³/mol. The lowest BCUT2D eigenvalue weighted by atomic mass is 10.0. The van der Waals surface area contributed by atoms with Gasteiger partial charge in [0.25, 0.3) is 5.91 Å². The van der Waals surface area contributed by atoms with E-state index in [-0.39, 0.29) is 12.5 Å². The van der Waals surface area contributed by atoms with Crippen molar-refractivity contribution in [3.8, 4) is 16.9 Å². The van der Waals surface area contributed by atoms with Crippen molar-refractivity contribution < 1.29 is 9.53 Å². The zero-order chi connectivity index (χ0) is 22.4. The van der Waals surface area contributed by atoms with Gasteiger partial charge < -0.3 is 25.2 Å². The maximum Gasteiger partial charge on any atom is 0.260 e. The van der Waals surface area contributed by atoms with Gasteiger partial charge in [0.05, 0.1) is 0 Å². The number of amides is 1. The molecule has 3 rings (SSSR count). The first-order chi connectivity index (χ1) is 14.9. The number of nitrogens with zero attached hydrogens (tertiary/aromatic N) is 3. The van der Waals surface area contributed by atoms with Crippen LogP contribution in [0, 0.1) is 6.92 Å². The lowest BCUT2D eigenvalue weighted by molar-refractivity contribution is -0.134. The number of benzene rings is 2. The first-order valence-corrected chi connectivity index (χ1v) is 11.2. The van der Waals surface area contributed by atoms with Crippen LogP contribution in [0.15, 0.2) is 42.5 Å². The Hall–Kier alpha value is -2.64. The highest BCUT2D eigenvalue weighted by Crippen LogP contribution is 2.29. The first kappa shape index (κ1) is 23.0. The van der Waals surface area contributed by atoms with Crippen molar-refractivity contribution in [1.82, 2.24) is 9.80 Å². The minimum absolute atomic E-state index is 0.0362. The van der Waals surface area contributed by atoms with Gasteiger partial charge in [-0.25, -0.2) is 0 Å². The van der Waals surface area contributed by atoms with Gasteiger partial charge in [-0.05, 0) is 67.5 Å². The number of rotatable bonds is 7. The number of carbonyl (C=O) groups is 1. The molecule has 0 radical (unpaired) electrons. The zero-order valence-corrected chi connectivity index (χ0v) is 19.5. The quantitative estimate of drug-likeness (QED) is 0.667. The number of piperazine rings is 1. The molecular weight excluding hydrogens is 408 g/mol. The van der Waals surface area contributed by atoms with Crippen molar-refractivity contribution in [2.45, 2.75) is 20.3 Å². The van der Waals surface area contributed by atoms with Gasteiger partial charge in [0, 0.05) is 38.4 Å². The third-order valence-corrected chi connectivity index (χ3v) is 5.84. The second-order valence-electron chi connectivity index (χ2n) is 7.99. The Kier molecular flexibility index (Phi) is 7.87. The minimum atomic E-state index is 0.0362. The summed E-state index contributed by atoms with van der Waals surface area (Å²) in [4.78, 5) is 18.4. The summed E-state index contributed by atoms with van der Waals surface area (Å²) < 4.78 is 5.74. The van der Waals surface area contributed by atoms with Crippen molar-refractivity contribution in [1.29, 1.82) is 0 Å². The van der Waals surface area contributed by atoms with E-state index in [1.165, 1.54) is 0 Å². The SMILES string of the molecule is CCCN(C(N)=S)c1cc(-c2ccc(OCC(=O)N3CCN(C)CC3)cc2)ccc1C. The molecule has 166 valence electrons. The van der Waals surface area contributed by atoms with Crippen molar-refractivity contribution in [3.63, 3.8) is 0 Å². The highest BCUT2D eigenvalue weighted by atomic mass is 32.1. The Morgan fingerprint density at radius 2 is 1.74 bits per heavy atom. The molecule has 1 amide bonds. The molecule has 6 nitrogen and oxygen atoms in total. The van der Waals surface area contributed by atoms with E-state index in [4.69, 9.17) is 22.7 Å². The van der Waals surface area contributed by atoms with E-state index in [1.54, 1.807) is 0 Å². The molecule has 2 N–H and O–H groups in total. The molecule has 0 atom stereocenters. The van der Waals surface area contributed by atoms with Gasteiger partial charge in [-0.1, -0.05) is 31.2 Å². The van der Waals surface area contributed by atoms with Crippen LogP contribution in [-0.4, -0.2) is 67.2 Å². The number of nitrogens with two attached hydrogens (primary N) is 1. The van der Waals surface area contributed by atoms with Crippen LogP contribution in [0.2, 0.25) is 0 Å². The van der Waals surface area contributed by atoms with E-state index in [2.05, 4.69) is 44.0 Å². The Morgan fingerprint density at radius 1 is 1.10 bits per heavy atom. The summed E-state index contributed by atoms with van der Waals surface area (Å²) in [5, 5.41) is 0.385. The Labute approximate surface area is 190 Å². The molecule has 31 heavy (non-hydrogen) atoms. The molecule has 0 saturated carbocycles. The number of aryl methyl sites for hydroxylation is 1. The normalized spacial score (nSPS) is 14.4. The Bertz CT molecular complexity index is 908. The highest BCUT2D eigenvalue weighted by molar-refractivity contribution is 7.80. The summed E-state index contributed by atoms with van der Waals surface area (Å²) in [5.74, 6) is 0.725. The number of likely N-dealkylation sites (N-methyl/N-ethyl adjacent to an activating group) is 1. The number of ether oxygens (including phenoxy) is 1. The van der Waals surface area contributed by atoms with Crippen molar-refractivity contribution >= 4 is 28.9 Å². The molecule has 7 heteroatoms. The molecule has 1 aliphatic rings. The molecule has 2 aromatic carbocycles. The molecule has 0 aromatic heterocycles. The second-order valence-corrected chi connectivity index (χ2v) is 8.41. The van der Waals surface area contributed by atoms with Crippen molar-refractivity contribution in [3.05, 3.63) is 48.0 Å². The number of anilines is 1. The van der Waals surface area contributed by atoms with Gasteiger partial charge in [-0.2, -0.15) is 0 Å². The standard InChI is InChI=1S/C24H32N4O2S/c1-4-11-28(24(25)31)22-16-20(6-5-18(22)2)19-7-9-21(10-8-19)30-17-23(29)27-14-12-26(3)13-15-27/h5-10,16H,4,11-15,17H2,1-3H3,(H2,25,31). The van der Waals surface area contributed by atoms with E-state index in [0.717, 1.165) is 61.5 Å². The average Bonchev–Trinajstić information content (AvgIpc) is 2.77. The van der Waals surface area contributed by atoms with Crippen LogP contribution in [0.1, 0.15) is 18.9 Å². The van der Waals surface area contributed by atoms with Crippen LogP contribution in [0.5, 0.6) is 5.75 Å². The van der Waals surface area contributed by atoms with Crippen LogP contribution in [0.25, 0.3) is 11.1 Å². The summed E-state index contributed by atoms with van der Waals surface area (Å²) in [5.41, 5.74) is 10.3. The summed E-state index contributed by atoms with van der Waals surface area (Å²) in [6.07, 6.45) is 0.958. The number of carbonyl (C=O) groups excluding carboxylic acids is 1. The number of thiocarbonyl (C=S) groups is 1. The van der Waals surface area contributed by atoms with E-state index >= 15 is 0 Å². The molecule has 1 fully saturated rings. The summed E-state index contributed by atoms with van der Waals surface area (Å²) >= 11 is 5.26. The fraction of sp³-hybridized carbons (Fsp3) is 0.417. The van der Waals surface area contributed by atoms with Crippen molar-refractivity contribution in [2.75, 3.05) is 51.3 Å². The number of hydrogen-bond donors (Lipinski definition) is 1. The Balaban J connectivity index is 1.66. The van der Waals surface area contributed by atoms with Crippen LogP contribution in [0.4, 0.5) is 5.69 Å². The van der Waals surface area contributed by atoms with Crippen molar-refractivity contribution in [2.24, 2.45) is 5.73 Å². The fourth-order valence-corrected chi connectivity index (χ4v) is 3.88. The van der Waals surface area contributed by atoms with Crippen LogP contribution in [-0.2, 0) is 4.79 Å². The molecule has 0 spiro atoms. The Morgan fingerprint density at radius 3 is 2.35 bits per heavy atom. The van der Waals surface area contributed by atoms with Gasteiger partial charge in [0.1, 0.15) is 5.75 Å². The summed E-state index contributed by atoms with van der Waals surface area (Å²) in [6.45, 7) is 8.36. The first-order valence-electron chi connectivity index (χ1n) is 10.8. The van der Waals surface area contributed by atoms with Gasteiger partial charge >= 0.3 is 0 Å². The van der Waals surface area contributed by atoms with E-state index < -0.39 is 0 Å². The van der Waals surface area contributed by atoms with Crippen LogP contribution < -0.4 is 15.4 Å². The molecular formula is C24H32N4O2S. The van der Waals surface area contributed by atoms with Gasteiger partial charge in [0.15, 0.2) is 11.7 Å². The summed E-state index contributed by atoms with van der Waals surface area (Å²) in [7, 11) is 2.07. The van der Waals surface area contributed by atoms with Crippen LogP contribution in [0.3, 0.4) is 0 Å². The maximum absolute atomic E-state index is 12.4. The molecule has 0 bridgehead atoms. The average molecular weight is 441 g/mol. The predicted octanol–water partition coefficient (Wildman–Crippen LogP) is 3.27. The fourth-order valence-electron chi connectivity index (χ4n) is 3.69. The highest BCUT2D eigenvalue weighted by Gasteiger charge is 2.19. The van der Waals surface area contributed by atoms with Gasteiger partial charge in [-0.3, -0.25) is 4.79 Å². The summed E-state index contributed by atoms with van der Waals surface area (Å²) in [6, 6.07) is 14.1. The second kappa shape index (κ2) is 10.6. The maximum atomic E-state index is 12.4. The van der Waals surface area contributed by atoms with E-state index in [1.807, 2.05) is 34.1 Å². The zero-order valence-electron chi connectivity index (χ0n) is 18.6.